The minimum absolute atomic E-state index is 0.484. The van der Waals surface area contributed by atoms with Gasteiger partial charge in [0.05, 0.1) is 0 Å². The van der Waals surface area contributed by atoms with Crippen molar-refractivity contribution in [3.8, 4) is 0 Å². The van der Waals surface area contributed by atoms with E-state index >= 15 is 0 Å². The van der Waals surface area contributed by atoms with Gasteiger partial charge in [-0.25, -0.2) is 0 Å². The highest BCUT2D eigenvalue weighted by Gasteiger charge is 2.18. The van der Waals surface area contributed by atoms with E-state index in [4.69, 9.17) is 0 Å². The fraction of sp³-hybridized carbons (Fsp3) is 0.600. The lowest BCUT2D eigenvalue weighted by atomic mass is 10.0. The Morgan fingerprint density at radius 3 is 2.71 bits per heavy atom. The number of likely N-dealkylation sites (tertiary alicyclic amines) is 1. The molecule has 0 aliphatic carbocycles. The Labute approximate surface area is 105 Å². The molecule has 94 valence electrons. The van der Waals surface area contributed by atoms with E-state index in [0.717, 1.165) is 13.1 Å². The molecule has 0 radical (unpaired) electrons. The van der Waals surface area contributed by atoms with E-state index < -0.39 is 0 Å². The highest BCUT2D eigenvalue weighted by Crippen LogP contribution is 2.18. The summed E-state index contributed by atoms with van der Waals surface area (Å²) < 4.78 is 0. The van der Waals surface area contributed by atoms with Gasteiger partial charge < -0.3 is 10.2 Å². The van der Waals surface area contributed by atoms with Gasteiger partial charge in [0, 0.05) is 12.6 Å². The zero-order valence-corrected chi connectivity index (χ0v) is 11.1. The van der Waals surface area contributed by atoms with Crippen molar-refractivity contribution < 1.29 is 0 Å². The highest BCUT2D eigenvalue weighted by atomic mass is 15.2. The molecular formula is C15H24N2. The molecule has 1 aromatic carbocycles. The molecule has 0 spiro atoms. The standard InChI is InChI=1S/C15H24N2/c1-3-16-15(12-17-9-4-5-10-17)14-8-6-7-13(2)11-14/h6-8,11,15-16H,3-5,9-10,12H2,1-2H3. The Balaban J connectivity index is 2.04. The number of rotatable bonds is 5. The average Bonchev–Trinajstić information content (AvgIpc) is 2.81. The van der Waals surface area contributed by atoms with E-state index in [2.05, 4.69) is 48.3 Å². The van der Waals surface area contributed by atoms with Crippen molar-refractivity contribution in [2.24, 2.45) is 0 Å². The van der Waals surface area contributed by atoms with Crippen molar-refractivity contribution in [1.82, 2.24) is 10.2 Å². The first kappa shape index (κ1) is 12.6. The van der Waals surface area contributed by atoms with Crippen LogP contribution in [0.25, 0.3) is 0 Å². The molecule has 1 aromatic rings. The Hall–Kier alpha value is -0.860. The van der Waals surface area contributed by atoms with Crippen molar-refractivity contribution in [1.29, 1.82) is 0 Å². The predicted octanol–water partition coefficient (Wildman–Crippen LogP) is 2.74. The van der Waals surface area contributed by atoms with Gasteiger partial charge in [-0.15, -0.1) is 0 Å². The molecule has 2 heteroatoms. The lowest BCUT2D eigenvalue weighted by Crippen LogP contribution is -2.33. The SMILES string of the molecule is CCNC(CN1CCCC1)c1cccc(C)c1. The van der Waals surface area contributed by atoms with E-state index in [1.165, 1.54) is 37.1 Å². The van der Waals surface area contributed by atoms with Crippen LogP contribution in [0.5, 0.6) is 0 Å². The molecule has 1 saturated heterocycles. The first-order chi connectivity index (χ1) is 8.29. The molecule has 2 rings (SSSR count). The first-order valence-electron chi connectivity index (χ1n) is 6.82. The number of hydrogen-bond acceptors (Lipinski definition) is 2. The maximum atomic E-state index is 3.61. The molecule has 0 aromatic heterocycles. The van der Waals surface area contributed by atoms with Crippen LogP contribution in [0.3, 0.4) is 0 Å². The third-order valence-corrected chi connectivity index (χ3v) is 3.53. The first-order valence-corrected chi connectivity index (χ1v) is 6.82. The van der Waals surface area contributed by atoms with Crippen LogP contribution < -0.4 is 5.32 Å². The number of hydrogen-bond donors (Lipinski definition) is 1. The van der Waals surface area contributed by atoms with Crippen molar-refractivity contribution in [3.63, 3.8) is 0 Å². The summed E-state index contributed by atoms with van der Waals surface area (Å²) in [7, 11) is 0. The molecule has 17 heavy (non-hydrogen) atoms. The molecule has 0 amide bonds. The molecule has 1 unspecified atom stereocenters. The zero-order chi connectivity index (χ0) is 12.1. The normalized spacial score (nSPS) is 18.5. The Morgan fingerprint density at radius 2 is 2.06 bits per heavy atom. The lowest BCUT2D eigenvalue weighted by molar-refractivity contribution is 0.294. The van der Waals surface area contributed by atoms with Crippen LogP contribution in [0.15, 0.2) is 24.3 Å². The molecule has 2 nitrogen and oxygen atoms in total. The molecule has 0 bridgehead atoms. The number of nitrogens with one attached hydrogen (secondary N) is 1. The molecule has 1 fully saturated rings. The van der Waals surface area contributed by atoms with Gasteiger partial charge in [0.25, 0.3) is 0 Å². The van der Waals surface area contributed by atoms with E-state index in [-0.39, 0.29) is 0 Å². The quantitative estimate of drug-likeness (QED) is 0.840. The molecule has 1 aliphatic rings. The summed E-state index contributed by atoms with van der Waals surface area (Å²) in [6, 6.07) is 9.37. The van der Waals surface area contributed by atoms with Crippen LogP contribution in [0.1, 0.15) is 36.9 Å². The van der Waals surface area contributed by atoms with Gasteiger partial charge >= 0.3 is 0 Å². The Kier molecular flexibility index (Phi) is 4.57. The third-order valence-electron chi connectivity index (χ3n) is 3.53. The second-order valence-corrected chi connectivity index (χ2v) is 5.03. The fourth-order valence-electron chi connectivity index (χ4n) is 2.64. The predicted molar refractivity (Wildman–Crippen MR) is 73.3 cm³/mol. The summed E-state index contributed by atoms with van der Waals surface area (Å²) in [5.74, 6) is 0. The summed E-state index contributed by atoms with van der Waals surface area (Å²) in [6.07, 6.45) is 2.74. The summed E-state index contributed by atoms with van der Waals surface area (Å²) in [5.41, 5.74) is 2.78. The summed E-state index contributed by atoms with van der Waals surface area (Å²) in [4.78, 5) is 2.58. The number of likely N-dealkylation sites (N-methyl/N-ethyl adjacent to an activating group) is 1. The summed E-state index contributed by atoms with van der Waals surface area (Å²) >= 11 is 0. The average molecular weight is 232 g/mol. The lowest BCUT2D eigenvalue weighted by Gasteiger charge is -2.24. The van der Waals surface area contributed by atoms with Gasteiger partial charge in [0.1, 0.15) is 0 Å². The minimum atomic E-state index is 0.484. The Bertz CT molecular complexity index is 343. The highest BCUT2D eigenvalue weighted by molar-refractivity contribution is 5.25. The van der Waals surface area contributed by atoms with Crippen molar-refractivity contribution in [2.45, 2.75) is 32.7 Å². The van der Waals surface area contributed by atoms with Gasteiger partial charge in [-0.3, -0.25) is 0 Å². The maximum absolute atomic E-state index is 3.61. The monoisotopic (exact) mass is 232 g/mol. The number of benzene rings is 1. The minimum Gasteiger partial charge on any atom is -0.309 e. The fourth-order valence-corrected chi connectivity index (χ4v) is 2.64. The van der Waals surface area contributed by atoms with Crippen LogP contribution in [-0.4, -0.2) is 31.1 Å². The van der Waals surface area contributed by atoms with E-state index in [1.807, 2.05) is 0 Å². The molecular weight excluding hydrogens is 208 g/mol. The number of nitrogens with zero attached hydrogens (tertiary/aromatic N) is 1. The van der Waals surface area contributed by atoms with Gasteiger partial charge in [-0.1, -0.05) is 36.8 Å². The topological polar surface area (TPSA) is 15.3 Å². The molecule has 1 heterocycles. The van der Waals surface area contributed by atoms with E-state index in [0.29, 0.717) is 6.04 Å². The van der Waals surface area contributed by atoms with E-state index in [9.17, 15) is 0 Å². The molecule has 1 aliphatic heterocycles. The Morgan fingerprint density at radius 1 is 1.29 bits per heavy atom. The zero-order valence-electron chi connectivity index (χ0n) is 11.1. The van der Waals surface area contributed by atoms with Crippen LogP contribution in [0.2, 0.25) is 0 Å². The van der Waals surface area contributed by atoms with E-state index in [1.54, 1.807) is 0 Å². The van der Waals surface area contributed by atoms with Gasteiger partial charge in [-0.2, -0.15) is 0 Å². The van der Waals surface area contributed by atoms with Crippen molar-refractivity contribution in [2.75, 3.05) is 26.2 Å². The third kappa shape index (κ3) is 3.55. The summed E-state index contributed by atoms with van der Waals surface area (Å²) in [6.45, 7) is 9.08. The molecule has 0 saturated carbocycles. The maximum Gasteiger partial charge on any atom is 0.0449 e. The second-order valence-electron chi connectivity index (χ2n) is 5.03. The van der Waals surface area contributed by atoms with Crippen molar-refractivity contribution >= 4 is 0 Å². The second kappa shape index (κ2) is 6.18. The largest absolute Gasteiger partial charge is 0.309 e. The molecule has 1 N–H and O–H groups in total. The van der Waals surface area contributed by atoms with Crippen LogP contribution in [-0.2, 0) is 0 Å². The van der Waals surface area contributed by atoms with Crippen LogP contribution in [0.4, 0.5) is 0 Å². The van der Waals surface area contributed by atoms with Gasteiger partial charge in [0.15, 0.2) is 0 Å². The summed E-state index contributed by atoms with van der Waals surface area (Å²) in [5, 5.41) is 3.61. The van der Waals surface area contributed by atoms with Gasteiger partial charge in [0.2, 0.25) is 0 Å². The van der Waals surface area contributed by atoms with Crippen LogP contribution >= 0.6 is 0 Å². The van der Waals surface area contributed by atoms with Crippen molar-refractivity contribution in [3.05, 3.63) is 35.4 Å². The molecule has 1 atom stereocenters. The smallest absolute Gasteiger partial charge is 0.0449 e. The number of aryl methyl sites for hydroxylation is 1. The van der Waals surface area contributed by atoms with Crippen LogP contribution in [0, 0.1) is 6.92 Å². The van der Waals surface area contributed by atoms with Gasteiger partial charge in [-0.05, 0) is 45.0 Å².